The average Bonchev–Trinajstić information content (AvgIpc) is 2.53. The molecule has 0 aliphatic carbocycles. The van der Waals surface area contributed by atoms with E-state index in [0.29, 0.717) is 18.8 Å². The summed E-state index contributed by atoms with van der Waals surface area (Å²) in [5.74, 6) is -0.0257. The Balaban J connectivity index is 2.02. The topological polar surface area (TPSA) is 47.6 Å². The van der Waals surface area contributed by atoms with Crippen LogP contribution in [0.5, 0.6) is 0 Å². The lowest BCUT2D eigenvalue weighted by Crippen LogP contribution is -2.52. The fraction of sp³-hybridized carbons (Fsp3) is 0.417. The monoisotopic (exact) mass is 219 g/mol. The molecular weight excluding hydrogens is 206 g/mol. The molecule has 84 valence electrons. The molecule has 2 aliphatic rings. The van der Waals surface area contributed by atoms with E-state index >= 15 is 0 Å². The third-order valence-electron chi connectivity index (χ3n) is 3.00. The van der Waals surface area contributed by atoms with Crippen molar-refractivity contribution in [2.45, 2.75) is 12.6 Å². The molecule has 1 saturated heterocycles. The van der Waals surface area contributed by atoms with E-state index in [-0.39, 0.29) is 12.4 Å². The predicted molar refractivity (Wildman–Crippen MR) is 58.6 cm³/mol. The van der Waals surface area contributed by atoms with Crippen molar-refractivity contribution >= 4 is 11.5 Å². The summed E-state index contributed by atoms with van der Waals surface area (Å²) < 4.78 is 10.9. The molecule has 16 heavy (non-hydrogen) atoms. The van der Waals surface area contributed by atoms with Gasteiger partial charge in [-0.1, -0.05) is 6.07 Å². The highest BCUT2D eigenvalue weighted by Gasteiger charge is 2.48. The predicted octanol–water partition coefficient (Wildman–Crippen LogP) is 1.35. The third-order valence-corrected chi connectivity index (χ3v) is 3.00. The number of hydrogen-bond donors (Lipinski definition) is 1. The maximum Gasteiger partial charge on any atom is 0.227 e. The van der Waals surface area contributed by atoms with Gasteiger partial charge in [0.15, 0.2) is 0 Å². The Morgan fingerprint density at radius 1 is 1.38 bits per heavy atom. The third kappa shape index (κ3) is 1.27. The fourth-order valence-electron chi connectivity index (χ4n) is 2.19. The minimum absolute atomic E-state index is 0.0257. The molecule has 2 aliphatic heterocycles. The first-order valence-electron chi connectivity index (χ1n) is 5.37. The molecule has 4 heteroatoms. The van der Waals surface area contributed by atoms with Crippen LogP contribution in [-0.4, -0.2) is 31.3 Å². The van der Waals surface area contributed by atoms with Crippen LogP contribution in [0, 0.1) is 6.92 Å². The summed E-state index contributed by atoms with van der Waals surface area (Å²) in [6, 6.07) is 5.73. The van der Waals surface area contributed by atoms with Crippen LogP contribution in [0.1, 0.15) is 15.9 Å². The van der Waals surface area contributed by atoms with Crippen LogP contribution >= 0.6 is 0 Å². The van der Waals surface area contributed by atoms with Crippen LogP contribution in [0.2, 0.25) is 0 Å². The summed E-state index contributed by atoms with van der Waals surface area (Å²) in [6.45, 7) is 3.27. The number of fused-ring (bicyclic) bond motifs is 1. The Hall–Kier alpha value is -1.39. The Labute approximate surface area is 93.5 Å². The van der Waals surface area contributed by atoms with Crippen molar-refractivity contribution in [3.05, 3.63) is 29.3 Å². The summed E-state index contributed by atoms with van der Waals surface area (Å²) >= 11 is 0. The van der Waals surface area contributed by atoms with Crippen molar-refractivity contribution < 1.29 is 14.3 Å². The molecule has 1 atom stereocenters. The zero-order valence-corrected chi connectivity index (χ0v) is 9.08. The van der Waals surface area contributed by atoms with Gasteiger partial charge >= 0.3 is 0 Å². The van der Waals surface area contributed by atoms with Gasteiger partial charge in [0.05, 0.1) is 13.2 Å². The molecule has 1 N–H and O–H groups in total. The first-order chi connectivity index (χ1) is 7.71. The maximum atomic E-state index is 12.2. The molecule has 0 saturated carbocycles. The van der Waals surface area contributed by atoms with Crippen LogP contribution < -0.4 is 5.32 Å². The van der Waals surface area contributed by atoms with Gasteiger partial charge in [-0.2, -0.15) is 0 Å². The standard InChI is InChI=1S/C12H13NO3/c1-8-2-3-9-10(6-8)13-12(11(9)14)7-15-4-5-16-12/h2-3,6,13H,4-5,7H2,1H3. The number of anilines is 1. The second kappa shape index (κ2) is 3.30. The van der Waals surface area contributed by atoms with Gasteiger partial charge in [-0.15, -0.1) is 0 Å². The van der Waals surface area contributed by atoms with Crippen LogP contribution in [0.3, 0.4) is 0 Å². The molecule has 1 aromatic rings. The van der Waals surface area contributed by atoms with E-state index < -0.39 is 5.72 Å². The van der Waals surface area contributed by atoms with Gasteiger partial charge in [-0.25, -0.2) is 0 Å². The molecule has 1 fully saturated rings. The van der Waals surface area contributed by atoms with Crippen LogP contribution in [0.4, 0.5) is 5.69 Å². The van der Waals surface area contributed by atoms with E-state index in [0.717, 1.165) is 11.3 Å². The van der Waals surface area contributed by atoms with E-state index in [9.17, 15) is 4.79 Å². The molecule has 0 radical (unpaired) electrons. The zero-order chi connectivity index (χ0) is 11.2. The number of carbonyl (C=O) groups is 1. The normalized spacial score (nSPS) is 27.9. The van der Waals surface area contributed by atoms with Crippen molar-refractivity contribution in [1.82, 2.24) is 0 Å². The molecule has 2 heterocycles. The van der Waals surface area contributed by atoms with Crippen molar-refractivity contribution in [3.8, 4) is 0 Å². The molecule has 1 spiro atoms. The molecule has 4 nitrogen and oxygen atoms in total. The van der Waals surface area contributed by atoms with Gasteiger partial charge in [0, 0.05) is 11.3 Å². The molecular formula is C12H13NO3. The number of Topliss-reactive ketones (excluding diaryl/α,β-unsaturated/α-hetero) is 1. The van der Waals surface area contributed by atoms with Crippen LogP contribution in [0.15, 0.2) is 18.2 Å². The van der Waals surface area contributed by atoms with Gasteiger partial charge in [0.25, 0.3) is 0 Å². The largest absolute Gasteiger partial charge is 0.374 e. The summed E-state index contributed by atoms with van der Waals surface area (Å²) in [7, 11) is 0. The van der Waals surface area contributed by atoms with Crippen LogP contribution in [0.25, 0.3) is 0 Å². The Morgan fingerprint density at radius 2 is 2.25 bits per heavy atom. The lowest BCUT2D eigenvalue weighted by molar-refractivity contribution is -0.117. The van der Waals surface area contributed by atoms with Gasteiger partial charge < -0.3 is 14.8 Å². The van der Waals surface area contributed by atoms with Crippen molar-refractivity contribution in [3.63, 3.8) is 0 Å². The minimum Gasteiger partial charge on any atom is -0.374 e. The Kier molecular flexibility index (Phi) is 2.02. The SMILES string of the molecule is Cc1ccc2c(c1)NC1(COCCO1)C2=O. The number of rotatable bonds is 0. The summed E-state index contributed by atoms with van der Waals surface area (Å²) in [4.78, 5) is 12.2. The molecule has 1 unspecified atom stereocenters. The van der Waals surface area contributed by atoms with Crippen molar-refractivity contribution in [2.24, 2.45) is 0 Å². The van der Waals surface area contributed by atoms with E-state index in [4.69, 9.17) is 9.47 Å². The average molecular weight is 219 g/mol. The minimum atomic E-state index is -0.978. The molecule has 3 rings (SSSR count). The summed E-state index contributed by atoms with van der Waals surface area (Å²) in [6.07, 6.45) is 0. The number of benzene rings is 1. The lowest BCUT2D eigenvalue weighted by atomic mass is 10.0. The van der Waals surface area contributed by atoms with Gasteiger partial charge in [0.2, 0.25) is 11.5 Å². The van der Waals surface area contributed by atoms with Crippen molar-refractivity contribution in [2.75, 3.05) is 25.1 Å². The Morgan fingerprint density at radius 3 is 3.00 bits per heavy atom. The van der Waals surface area contributed by atoms with E-state index in [1.807, 2.05) is 25.1 Å². The van der Waals surface area contributed by atoms with Gasteiger partial charge in [-0.05, 0) is 24.6 Å². The number of ether oxygens (including phenoxy) is 2. The van der Waals surface area contributed by atoms with Gasteiger partial charge in [0.1, 0.15) is 6.61 Å². The Bertz CT molecular complexity index is 450. The summed E-state index contributed by atoms with van der Waals surface area (Å²) in [5, 5.41) is 3.14. The second-order valence-electron chi connectivity index (χ2n) is 4.23. The smallest absolute Gasteiger partial charge is 0.227 e. The van der Waals surface area contributed by atoms with Crippen LogP contribution in [-0.2, 0) is 9.47 Å². The number of aryl methyl sites for hydroxylation is 1. The summed E-state index contributed by atoms with van der Waals surface area (Å²) in [5.41, 5.74) is 1.67. The second-order valence-corrected chi connectivity index (χ2v) is 4.23. The first-order valence-corrected chi connectivity index (χ1v) is 5.37. The maximum absolute atomic E-state index is 12.2. The molecule has 0 aromatic heterocycles. The lowest BCUT2D eigenvalue weighted by Gasteiger charge is -2.32. The molecule has 0 bridgehead atoms. The van der Waals surface area contributed by atoms with E-state index in [1.54, 1.807) is 0 Å². The number of ketones is 1. The van der Waals surface area contributed by atoms with Crippen molar-refractivity contribution in [1.29, 1.82) is 0 Å². The van der Waals surface area contributed by atoms with Gasteiger partial charge in [-0.3, -0.25) is 4.79 Å². The highest BCUT2D eigenvalue weighted by molar-refractivity contribution is 6.12. The quantitative estimate of drug-likeness (QED) is 0.715. The fourth-order valence-corrected chi connectivity index (χ4v) is 2.19. The number of hydrogen-bond acceptors (Lipinski definition) is 4. The first kappa shape index (κ1) is 9.81. The number of carbonyl (C=O) groups excluding carboxylic acids is 1. The number of nitrogens with one attached hydrogen (secondary N) is 1. The zero-order valence-electron chi connectivity index (χ0n) is 9.08. The highest BCUT2D eigenvalue weighted by atomic mass is 16.6. The van der Waals surface area contributed by atoms with E-state index in [2.05, 4.69) is 5.32 Å². The molecule has 1 aromatic carbocycles. The highest BCUT2D eigenvalue weighted by Crippen LogP contribution is 2.35. The van der Waals surface area contributed by atoms with E-state index in [1.165, 1.54) is 0 Å². The molecule has 0 amide bonds.